The van der Waals surface area contributed by atoms with Crippen LogP contribution in [0.5, 0.6) is 0 Å². The lowest BCUT2D eigenvalue weighted by atomic mass is 10.2. The number of aryl methyl sites for hydroxylation is 1. The highest BCUT2D eigenvalue weighted by Crippen LogP contribution is 2.24. The molecule has 2 amide bonds. The van der Waals surface area contributed by atoms with Gasteiger partial charge in [0.1, 0.15) is 0 Å². The van der Waals surface area contributed by atoms with Crippen molar-refractivity contribution in [1.82, 2.24) is 24.4 Å². The first kappa shape index (κ1) is 32.9. The van der Waals surface area contributed by atoms with Gasteiger partial charge in [-0.15, -0.1) is 10.2 Å². The van der Waals surface area contributed by atoms with Crippen LogP contribution >= 0.6 is 11.8 Å². The summed E-state index contributed by atoms with van der Waals surface area (Å²) in [4.78, 5) is 37.8. The van der Waals surface area contributed by atoms with Gasteiger partial charge in [-0.3, -0.25) is 14.2 Å². The van der Waals surface area contributed by atoms with Gasteiger partial charge in [-0.1, -0.05) is 23.9 Å². The Morgan fingerprint density at radius 2 is 1.63 bits per heavy atom. The Kier molecular flexibility index (Phi) is 10.5. The molecule has 12 nitrogen and oxygen atoms in total. The number of carbonyl (C=O) groups is 3. The number of rotatable bonds is 12. The number of ether oxygens (including phenoxy) is 1. The maximum Gasteiger partial charge on any atom is 0.338 e. The van der Waals surface area contributed by atoms with E-state index in [9.17, 15) is 22.8 Å². The molecule has 46 heavy (non-hydrogen) atoms. The lowest BCUT2D eigenvalue weighted by Gasteiger charge is -2.15. The molecule has 0 unspecified atom stereocenters. The SMILES string of the molecule is CCOC(=O)c1ccc(NC(=O)CSc2nnc(CNC(=O)c3ccc(S(=O)(=O)N4CCCC4)cc3)n2-c2cccc(C)c2)cc1. The van der Waals surface area contributed by atoms with Crippen molar-refractivity contribution in [3.05, 3.63) is 95.3 Å². The molecule has 0 aliphatic carbocycles. The second kappa shape index (κ2) is 14.7. The minimum Gasteiger partial charge on any atom is -0.462 e. The molecule has 0 saturated carbocycles. The van der Waals surface area contributed by atoms with Gasteiger partial charge in [-0.05, 0) is 92.9 Å². The monoisotopic (exact) mass is 662 g/mol. The van der Waals surface area contributed by atoms with Crippen molar-refractivity contribution in [1.29, 1.82) is 0 Å². The van der Waals surface area contributed by atoms with Gasteiger partial charge in [-0.2, -0.15) is 4.31 Å². The van der Waals surface area contributed by atoms with E-state index >= 15 is 0 Å². The minimum absolute atomic E-state index is 0.0304. The number of hydrogen-bond donors (Lipinski definition) is 2. The molecular weight excluding hydrogens is 629 g/mol. The van der Waals surface area contributed by atoms with Crippen molar-refractivity contribution in [2.75, 3.05) is 30.8 Å². The van der Waals surface area contributed by atoms with Crippen molar-refractivity contribution < 1.29 is 27.5 Å². The van der Waals surface area contributed by atoms with Crippen LogP contribution in [-0.2, 0) is 26.1 Å². The fraction of sp³-hybridized carbons (Fsp3) is 0.281. The van der Waals surface area contributed by atoms with Crippen LogP contribution in [0.2, 0.25) is 0 Å². The van der Waals surface area contributed by atoms with E-state index in [0.29, 0.717) is 40.9 Å². The number of carbonyl (C=O) groups excluding carboxylic acids is 3. The topological polar surface area (TPSA) is 153 Å². The lowest BCUT2D eigenvalue weighted by molar-refractivity contribution is -0.113. The van der Waals surface area contributed by atoms with E-state index in [2.05, 4.69) is 20.8 Å². The minimum atomic E-state index is -3.58. The number of sulfonamides is 1. The maximum atomic E-state index is 13.0. The van der Waals surface area contributed by atoms with Gasteiger partial charge in [0, 0.05) is 30.0 Å². The molecule has 0 bridgehead atoms. The molecule has 3 aromatic carbocycles. The molecule has 1 aliphatic heterocycles. The molecule has 0 radical (unpaired) electrons. The van der Waals surface area contributed by atoms with Gasteiger partial charge in [-0.25, -0.2) is 13.2 Å². The molecule has 2 N–H and O–H groups in total. The van der Waals surface area contributed by atoms with E-state index in [1.165, 1.54) is 40.3 Å². The molecule has 1 saturated heterocycles. The number of esters is 1. The van der Waals surface area contributed by atoms with E-state index in [-0.39, 0.29) is 29.7 Å². The third-order valence-corrected chi connectivity index (χ3v) is 10.0. The Morgan fingerprint density at radius 1 is 0.935 bits per heavy atom. The number of thioether (sulfide) groups is 1. The van der Waals surface area contributed by atoms with Gasteiger partial charge >= 0.3 is 5.97 Å². The first-order valence-corrected chi connectivity index (χ1v) is 17.2. The normalized spacial score (nSPS) is 13.3. The molecule has 0 atom stereocenters. The van der Waals surface area contributed by atoms with Crippen LogP contribution in [0.1, 0.15) is 51.9 Å². The second-order valence-electron chi connectivity index (χ2n) is 10.5. The molecule has 2 heterocycles. The zero-order chi connectivity index (χ0) is 32.7. The number of hydrogen-bond acceptors (Lipinski definition) is 9. The van der Waals surface area contributed by atoms with Crippen LogP contribution in [0.3, 0.4) is 0 Å². The van der Waals surface area contributed by atoms with Gasteiger partial charge in [0.05, 0.1) is 29.4 Å². The van der Waals surface area contributed by atoms with Crippen LogP contribution < -0.4 is 10.6 Å². The van der Waals surface area contributed by atoms with Crippen molar-refractivity contribution in [2.45, 2.75) is 43.3 Å². The van der Waals surface area contributed by atoms with Crippen molar-refractivity contribution in [2.24, 2.45) is 0 Å². The largest absolute Gasteiger partial charge is 0.462 e. The van der Waals surface area contributed by atoms with Crippen molar-refractivity contribution in [3.63, 3.8) is 0 Å². The van der Waals surface area contributed by atoms with Crippen LogP contribution in [0, 0.1) is 6.92 Å². The summed E-state index contributed by atoms with van der Waals surface area (Å²) in [5.41, 5.74) is 3.00. The van der Waals surface area contributed by atoms with Crippen LogP contribution in [0.15, 0.2) is 82.8 Å². The van der Waals surface area contributed by atoms with Gasteiger partial charge in [0.25, 0.3) is 5.91 Å². The Labute approximate surface area is 271 Å². The third kappa shape index (κ3) is 7.81. The fourth-order valence-electron chi connectivity index (χ4n) is 4.88. The van der Waals surface area contributed by atoms with Crippen LogP contribution in [0.4, 0.5) is 5.69 Å². The molecular formula is C32H34N6O6S2. The first-order valence-electron chi connectivity index (χ1n) is 14.8. The van der Waals surface area contributed by atoms with Crippen LogP contribution in [0.25, 0.3) is 5.69 Å². The number of anilines is 1. The average Bonchev–Trinajstić information content (AvgIpc) is 3.74. The van der Waals surface area contributed by atoms with E-state index < -0.39 is 21.9 Å². The van der Waals surface area contributed by atoms with Crippen LogP contribution in [-0.4, -0.2) is 70.7 Å². The Hall–Kier alpha value is -4.53. The van der Waals surface area contributed by atoms with E-state index in [0.717, 1.165) is 24.1 Å². The summed E-state index contributed by atoms with van der Waals surface area (Å²) >= 11 is 1.19. The highest BCUT2D eigenvalue weighted by Gasteiger charge is 2.27. The predicted octanol–water partition coefficient (Wildman–Crippen LogP) is 4.20. The van der Waals surface area contributed by atoms with Gasteiger partial charge < -0.3 is 15.4 Å². The summed E-state index contributed by atoms with van der Waals surface area (Å²) in [6.45, 7) is 5.00. The molecule has 4 aromatic rings. The molecule has 14 heteroatoms. The first-order chi connectivity index (χ1) is 22.2. The molecule has 1 aromatic heterocycles. The zero-order valence-electron chi connectivity index (χ0n) is 25.4. The lowest BCUT2D eigenvalue weighted by Crippen LogP contribution is -2.28. The quantitative estimate of drug-likeness (QED) is 0.168. The number of nitrogens with zero attached hydrogens (tertiary/aromatic N) is 4. The maximum absolute atomic E-state index is 13.0. The summed E-state index contributed by atoms with van der Waals surface area (Å²) < 4.78 is 33.9. The zero-order valence-corrected chi connectivity index (χ0v) is 27.1. The number of benzene rings is 3. The van der Waals surface area contributed by atoms with Crippen molar-refractivity contribution >= 4 is 45.3 Å². The predicted molar refractivity (Wildman–Crippen MR) is 173 cm³/mol. The summed E-state index contributed by atoms with van der Waals surface area (Å²) in [7, 11) is -3.58. The Morgan fingerprint density at radius 3 is 2.30 bits per heavy atom. The van der Waals surface area contributed by atoms with Gasteiger partial charge in [0.15, 0.2) is 11.0 Å². The summed E-state index contributed by atoms with van der Waals surface area (Å²) in [6, 6.07) is 20.0. The number of nitrogens with one attached hydrogen (secondary N) is 2. The third-order valence-electron chi connectivity index (χ3n) is 7.20. The van der Waals surface area contributed by atoms with E-state index in [4.69, 9.17) is 4.74 Å². The Bertz CT molecular complexity index is 1820. The van der Waals surface area contributed by atoms with Gasteiger partial charge in [0.2, 0.25) is 15.9 Å². The molecule has 0 spiro atoms. The fourth-order valence-corrected chi connectivity index (χ4v) is 7.17. The Balaban J connectivity index is 1.25. The summed E-state index contributed by atoms with van der Waals surface area (Å²) in [5.74, 6) is -0.628. The van der Waals surface area contributed by atoms with E-state index in [1.54, 1.807) is 35.8 Å². The summed E-state index contributed by atoms with van der Waals surface area (Å²) in [5, 5.41) is 14.7. The second-order valence-corrected chi connectivity index (χ2v) is 13.4. The smallest absolute Gasteiger partial charge is 0.338 e. The molecule has 5 rings (SSSR count). The highest BCUT2D eigenvalue weighted by molar-refractivity contribution is 7.99. The van der Waals surface area contributed by atoms with Crippen molar-refractivity contribution in [3.8, 4) is 5.69 Å². The highest BCUT2D eigenvalue weighted by atomic mass is 32.2. The average molecular weight is 663 g/mol. The van der Waals surface area contributed by atoms with E-state index in [1.807, 2.05) is 31.2 Å². The number of aromatic nitrogens is 3. The standard InChI is InChI=1S/C32H34N6O6S2/c1-3-44-31(41)24-9-13-25(14-10-24)34-29(39)21-45-32-36-35-28(38(32)26-8-6-7-22(2)19-26)20-33-30(40)23-11-15-27(16-12-23)46(42,43)37-17-4-5-18-37/h6-16,19H,3-5,17-18,20-21H2,1-2H3,(H,33,40)(H,34,39). The summed E-state index contributed by atoms with van der Waals surface area (Å²) in [6.07, 6.45) is 1.68. The number of amides is 2. The molecule has 1 aliphatic rings. The molecule has 240 valence electrons. The molecule has 1 fully saturated rings.